The zero-order chi connectivity index (χ0) is 14.4. The van der Waals surface area contributed by atoms with E-state index in [0.717, 1.165) is 50.0 Å². The van der Waals surface area contributed by atoms with Crippen molar-refractivity contribution in [3.05, 3.63) is 29.6 Å². The van der Waals surface area contributed by atoms with Crippen LogP contribution in [0.4, 0.5) is 0 Å². The van der Waals surface area contributed by atoms with Crippen LogP contribution in [0, 0.1) is 0 Å². The minimum atomic E-state index is 0.119. The van der Waals surface area contributed by atoms with Gasteiger partial charge in [0, 0.05) is 37.7 Å². The summed E-state index contributed by atoms with van der Waals surface area (Å²) >= 11 is 0. The highest BCUT2D eigenvalue weighted by atomic mass is 16.5. The van der Waals surface area contributed by atoms with Gasteiger partial charge in [-0.15, -0.1) is 0 Å². The van der Waals surface area contributed by atoms with Crippen molar-refractivity contribution in [1.29, 1.82) is 0 Å². The van der Waals surface area contributed by atoms with Crippen molar-refractivity contribution in [2.75, 3.05) is 19.7 Å². The van der Waals surface area contributed by atoms with Crippen molar-refractivity contribution in [3.8, 4) is 0 Å². The van der Waals surface area contributed by atoms with Crippen LogP contribution in [0.3, 0.4) is 0 Å². The number of hydrogen-bond donors (Lipinski definition) is 0. The smallest absolute Gasteiger partial charge is 0.254 e. The molecule has 2 heterocycles. The van der Waals surface area contributed by atoms with Gasteiger partial charge in [0.2, 0.25) is 0 Å². The first-order valence-electron chi connectivity index (χ1n) is 7.60. The molecule has 0 saturated carbocycles. The van der Waals surface area contributed by atoms with E-state index in [1.54, 1.807) is 12.4 Å². The molecular formula is C16H24N2O2. The highest BCUT2D eigenvalue weighted by molar-refractivity contribution is 5.95. The van der Waals surface area contributed by atoms with E-state index >= 15 is 0 Å². The molecule has 1 fully saturated rings. The first-order chi connectivity index (χ1) is 9.76. The summed E-state index contributed by atoms with van der Waals surface area (Å²) in [4.78, 5) is 18.7. The molecule has 0 radical (unpaired) electrons. The molecule has 110 valence electrons. The molecular weight excluding hydrogens is 252 g/mol. The molecule has 0 aromatic carbocycles. The Bertz CT molecular complexity index is 448. The Hall–Kier alpha value is -1.42. The summed E-state index contributed by atoms with van der Waals surface area (Å²) in [6.07, 6.45) is 7.62. The number of carbonyl (C=O) groups is 1. The molecule has 0 aliphatic carbocycles. The van der Waals surface area contributed by atoms with Crippen LogP contribution < -0.4 is 0 Å². The number of rotatable bonds is 5. The summed E-state index contributed by atoms with van der Waals surface area (Å²) in [6.45, 7) is 6.48. The fourth-order valence-electron chi connectivity index (χ4n) is 2.63. The van der Waals surface area contributed by atoms with Gasteiger partial charge in [-0.3, -0.25) is 9.78 Å². The normalized spacial score (nSPS) is 19.1. The highest BCUT2D eigenvalue weighted by Crippen LogP contribution is 2.18. The van der Waals surface area contributed by atoms with Gasteiger partial charge in [-0.05, 0) is 37.3 Å². The van der Waals surface area contributed by atoms with Crippen molar-refractivity contribution in [3.63, 3.8) is 0 Å². The molecule has 2 rings (SSSR count). The maximum Gasteiger partial charge on any atom is 0.254 e. The molecule has 4 nitrogen and oxygen atoms in total. The maximum atomic E-state index is 12.6. The average Bonchev–Trinajstić information content (AvgIpc) is 2.52. The quantitative estimate of drug-likeness (QED) is 0.830. The SMILES string of the molecule is CCCO[C@@H]1CCCN(C(=O)c2ccncc2CC)C1. The number of hydrogen-bond acceptors (Lipinski definition) is 3. The lowest BCUT2D eigenvalue weighted by atomic mass is 10.0. The Kier molecular flexibility index (Phi) is 5.53. The summed E-state index contributed by atoms with van der Waals surface area (Å²) < 4.78 is 5.80. The van der Waals surface area contributed by atoms with E-state index in [9.17, 15) is 4.79 Å². The lowest BCUT2D eigenvalue weighted by Crippen LogP contribution is -2.43. The van der Waals surface area contributed by atoms with Crippen LogP contribution in [0.1, 0.15) is 49.0 Å². The average molecular weight is 276 g/mol. The van der Waals surface area contributed by atoms with Crippen LogP contribution in [0.15, 0.2) is 18.5 Å². The van der Waals surface area contributed by atoms with Crippen LogP contribution >= 0.6 is 0 Å². The van der Waals surface area contributed by atoms with Gasteiger partial charge in [-0.2, -0.15) is 0 Å². The summed E-state index contributed by atoms with van der Waals surface area (Å²) in [5.74, 6) is 0.119. The van der Waals surface area contributed by atoms with E-state index in [2.05, 4.69) is 18.8 Å². The predicted molar refractivity (Wildman–Crippen MR) is 78.8 cm³/mol. The van der Waals surface area contributed by atoms with Gasteiger partial charge in [0.15, 0.2) is 0 Å². The lowest BCUT2D eigenvalue weighted by molar-refractivity contribution is 0.00207. The Morgan fingerprint density at radius 2 is 2.35 bits per heavy atom. The van der Waals surface area contributed by atoms with Gasteiger partial charge < -0.3 is 9.64 Å². The molecule has 1 amide bonds. The topological polar surface area (TPSA) is 42.4 Å². The number of aromatic nitrogens is 1. The van der Waals surface area contributed by atoms with E-state index in [1.807, 2.05) is 11.0 Å². The fourth-order valence-corrected chi connectivity index (χ4v) is 2.63. The highest BCUT2D eigenvalue weighted by Gasteiger charge is 2.25. The summed E-state index contributed by atoms with van der Waals surface area (Å²) in [5, 5.41) is 0. The van der Waals surface area contributed by atoms with Gasteiger partial charge in [0.1, 0.15) is 0 Å². The third-order valence-electron chi connectivity index (χ3n) is 3.74. The van der Waals surface area contributed by atoms with Crippen LogP contribution in [0.2, 0.25) is 0 Å². The standard InChI is InChI=1S/C16H24N2O2/c1-3-10-20-14-6-5-9-18(12-14)16(19)15-7-8-17-11-13(15)4-2/h7-8,11,14H,3-6,9-10,12H2,1-2H3/t14-/m1/s1. The van der Waals surface area contributed by atoms with Crippen molar-refractivity contribution < 1.29 is 9.53 Å². The van der Waals surface area contributed by atoms with Crippen molar-refractivity contribution in [2.24, 2.45) is 0 Å². The Morgan fingerprint density at radius 3 is 3.10 bits per heavy atom. The van der Waals surface area contributed by atoms with E-state index in [-0.39, 0.29) is 12.0 Å². The zero-order valence-electron chi connectivity index (χ0n) is 12.5. The van der Waals surface area contributed by atoms with Gasteiger partial charge >= 0.3 is 0 Å². The molecule has 0 spiro atoms. The van der Waals surface area contributed by atoms with Crippen molar-refractivity contribution in [2.45, 2.75) is 45.6 Å². The number of carbonyl (C=O) groups excluding carboxylic acids is 1. The zero-order valence-corrected chi connectivity index (χ0v) is 12.5. The number of pyridine rings is 1. The Morgan fingerprint density at radius 1 is 1.50 bits per heavy atom. The molecule has 1 aliphatic heterocycles. The maximum absolute atomic E-state index is 12.6. The minimum absolute atomic E-state index is 0.119. The molecule has 1 aliphatic rings. The van der Waals surface area contributed by atoms with E-state index < -0.39 is 0 Å². The molecule has 4 heteroatoms. The second-order valence-corrected chi connectivity index (χ2v) is 5.27. The summed E-state index contributed by atoms with van der Waals surface area (Å²) in [5.41, 5.74) is 1.81. The lowest BCUT2D eigenvalue weighted by Gasteiger charge is -2.33. The third kappa shape index (κ3) is 3.57. The number of amides is 1. The van der Waals surface area contributed by atoms with Crippen molar-refractivity contribution >= 4 is 5.91 Å². The summed E-state index contributed by atoms with van der Waals surface area (Å²) in [7, 11) is 0. The number of nitrogens with zero attached hydrogens (tertiary/aromatic N) is 2. The monoisotopic (exact) mass is 276 g/mol. The van der Waals surface area contributed by atoms with E-state index in [4.69, 9.17) is 4.74 Å². The molecule has 20 heavy (non-hydrogen) atoms. The van der Waals surface area contributed by atoms with Crippen molar-refractivity contribution in [1.82, 2.24) is 9.88 Å². The van der Waals surface area contributed by atoms with Crippen LogP contribution in [0.5, 0.6) is 0 Å². The van der Waals surface area contributed by atoms with E-state index in [0.29, 0.717) is 6.54 Å². The predicted octanol–water partition coefficient (Wildman–Crippen LogP) is 2.68. The number of aryl methyl sites for hydroxylation is 1. The Labute approximate surface area is 121 Å². The molecule has 1 saturated heterocycles. The molecule has 0 unspecified atom stereocenters. The molecule has 0 N–H and O–H groups in total. The number of piperidine rings is 1. The second-order valence-electron chi connectivity index (χ2n) is 5.27. The van der Waals surface area contributed by atoms with Crippen LogP contribution in [-0.2, 0) is 11.2 Å². The summed E-state index contributed by atoms with van der Waals surface area (Å²) in [6, 6.07) is 1.83. The molecule has 0 bridgehead atoms. The van der Waals surface area contributed by atoms with Gasteiger partial charge in [0.05, 0.1) is 6.10 Å². The van der Waals surface area contributed by atoms with Crippen LogP contribution in [-0.4, -0.2) is 41.6 Å². The van der Waals surface area contributed by atoms with Gasteiger partial charge in [-0.25, -0.2) is 0 Å². The van der Waals surface area contributed by atoms with E-state index in [1.165, 1.54) is 0 Å². The first-order valence-corrected chi connectivity index (χ1v) is 7.60. The number of ether oxygens (including phenoxy) is 1. The largest absolute Gasteiger partial charge is 0.376 e. The first kappa shape index (κ1) is 15.0. The number of likely N-dealkylation sites (tertiary alicyclic amines) is 1. The molecule has 1 aromatic heterocycles. The van der Waals surface area contributed by atoms with Crippen LogP contribution in [0.25, 0.3) is 0 Å². The molecule has 1 atom stereocenters. The third-order valence-corrected chi connectivity index (χ3v) is 3.74. The Balaban J connectivity index is 2.04. The van der Waals surface area contributed by atoms with Gasteiger partial charge in [-0.1, -0.05) is 13.8 Å². The minimum Gasteiger partial charge on any atom is -0.376 e. The second kappa shape index (κ2) is 7.39. The molecule has 1 aromatic rings. The fraction of sp³-hybridized carbons (Fsp3) is 0.625. The van der Waals surface area contributed by atoms with Gasteiger partial charge in [0.25, 0.3) is 5.91 Å².